The van der Waals surface area contributed by atoms with E-state index in [1.54, 1.807) is 40.3 Å². The Balaban J connectivity index is 1.62. The molecule has 1 aromatic carbocycles. The molecule has 1 fully saturated rings. The van der Waals surface area contributed by atoms with E-state index in [9.17, 15) is 9.18 Å². The Bertz CT molecular complexity index is 746. The van der Waals surface area contributed by atoms with Crippen molar-refractivity contribution in [3.63, 3.8) is 0 Å². The number of rotatable bonds is 3. The molecular formula is C18H23FN4O2. The van der Waals surface area contributed by atoms with Gasteiger partial charge in [0.05, 0.1) is 30.3 Å². The van der Waals surface area contributed by atoms with Crippen LogP contribution in [0.4, 0.5) is 9.18 Å². The van der Waals surface area contributed by atoms with Gasteiger partial charge in [-0.25, -0.2) is 14.2 Å². The van der Waals surface area contributed by atoms with Crippen LogP contribution in [0.25, 0.3) is 5.69 Å². The summed E-state index contributed by atoms with van der Waals surface area (Å²) in [6.45, 7) is 7.22. The lowest BCUT2D eigenvalue weighted by Gasteiger charge is -2.41. The van der Waals surface area contributed by atoms with Gasteiger partial charge in [-0.15, -0.1) is 0 Å². The number of hydrogen-bond acceptors (Lipinski definition) is 3. The van der Waals surface area contributed by atoms with Gasteiger partial charge in [0.25, 0.3) is 0 Å². The van der Waals surface area contributed by atoms with Crippen molar-refractivity contribution in [2.45, 2.75) is 39.0 Å². The molecule has 1 saturated heterocycles. The SMILES string of the molecule is CC1CN(C(=O)NCc2ccc(-n3ccnc3)c(F)c2)CC(C)(C)O1. The molecule has 1 aliphatic heterocycles. The minimum Gasteiger partial charge on any atom is -0.369 e. The maximum atomic E-state index is 14.3. The normalized spacial score (nSPS) is 19.7. The number of amides is 2. The predicted octanol–water partition coefficient (Wildman–Crippen LogP) is 2.72. The van der Waals surface area contributed by atoms with Crippen LogP contribution in [0.5, 0.6) is 0 Å². The van der Waals surface area contributed by atoms with Crippen LogP contribution in [0.2, 0.25) is 0 Å². The highest BCUT2D eigenvalue weighted by Crippen LogP contribution is 2.21. The van der Waals surface area contributed by atoms with Gasteiger partial charge in [-0.05, 0) is 38.5 Å². The minimum absolute atomic E-state index is 0.0126. The number of ether oxygens (including phenoxy) is 1. The Kier molecular flexibility index (Phi) is 4.76. The zero-order valence-electron chi connectivity index (χ0n) is 14.7. The molecule has 2 amide bonds. The van der Waals surface area contributed by atoms with Crippen LogP contribution in [0, 0.1) is 5.82 Å². The van der Waals surface area contributed by atoms with Crippen molar-refractivity contribution >= 4 is 6.03 Å². The topological polar surface area (TPSA) is 59.4 Å². The second kappa shape index (κ2) is 6.84. The molecule has 1 unspecified atom stereocenters. The third-order valence-corrected chi connectivity index (χ3v) is 4.09. The average molecular weight is 346 g/mol. The van der Waals surface area contributed by atoms with Gasteiger partial charge in [-0.2, -0.15) is 0 Å². The average Bonchev–Trinajstić information content (AvgIpc) is 3.04. The summed E-state index contributed by atoms with van der Waals surface area (Å²) in [7, 11) is 0. The standard InChI is InChI=1S/C18H23FN4O2/c1-13-10-23(11-18(2,3)25-13)17(24)21-9-14-4-5-16(15(19)8-14)22-7-6-20-12-22/h4-8,12-13H,9-11H2,1-3H3,(H,21,24). The number of nitrogens with one attached hydrogen (secondary N) is 1. The number of urea groups is 1. The van der Waals surface area contributed by atoms with Crippen LogP contribution >= 0.6 is 0 Å². The summed E-state index contributed by atoms with van der Waals surface area (Å²) >= 11 is 0. The molecule has 0 radical (unpaired) electrons. The van der Waals surface area contributed by atoms with Crippen molar-refractivity contribution in [3.05, 3.63) is 48.3 Å². The molecule has 134 valence electrons. The molecule has 0 bridgehead atoms. The van der Waals surface area contributed by atoms with Gasteiger partial charge in [0, 0.05) is 25.5 Å². The van der Waals surface area contributed by atoms with Crippen LogP contribution in [-0.4, -0.2) is 45.3 Å². The predicted molar refractivity (Wildman–Crippen MR) is 92.0 cm³/mol. The van der Waals surface area contributed by atoms with Crippen molar-refractivity contribution in [2.24, 2.45) is 0 Å². The fourth-order valence-corrected chi connectivity index (χ4v) is 3.17. The zero-order chi connectivity index (χ0) is 18.0. The highest BCUT2D eigenvalue weighted by molar-refractivity contribution is 5.74. The van der Waals surface area contributed by atoms with Gasteiger partial charge >= 0.3 is 6.03 Å². The quantitative estimate of drug-likeness (QED) is 0.930. The number of aromatic nitrogens is 2. The molecule has 0 saturated carbocycles. The molecule has 3 rings (SSSR count). The lowest BCUT2D eigenvalue weighted by molar-refractivity contribution is -0.117. The van der Waals surface area contributed by atoms with Crippen LogP contribution in [-0.2, 0) is 11.3 Å². The number of nitrogens with zero attached hydrogens (tertiary/aromatic N) is 3. The van der Waals surface area contributed by atoms with E-state index in [4.69, 9.17) is 4.74 Å². The van der Waals surface area contributed by atoms with Gasteiger partial charge in [0.2, 0.25) is 0 Å². The fourth-order valence-electron chi connectivity index (χ4n) is 3.17. The Hall–Kier alpha value is -2.41. The molecule has 25 heavy (non-hydrogen) atoms. The van der Waals surface area contributed by atoms with E-state index >= 15 is 0 Å². The van der Waals surface area contributed by atoms with E-state index in [1.807, 2.05) is 20.8 Å². The van der Waals surface area contributed by atoms with E-state index in [0.29, 0.717) is 24.3 Å². The molecule has 2 heterocycles. The first kappa shape index (κ1) is 17.4. The maximum Gasteiger partial charge on any atom is 0.317 e. The fraction of sp³-hybridized carbons (Fsp3) is 0.444. The molecule has 1 atom stereocenters. The number of morpholine rings is 1. The molecule has 7 heteroatoms. The molecule has 1 N–H and O–H groups in total. The second-order valence-corrected chi connectivity index (χ2v) is 6.98. The van der Waals surface area contributed by atoms with Gasteiger partial charge in [-0.3, -0.25) is 0 Å². The summed E-state index contributed by atoms with van der Waals surface area (Å²) in [5.74, 6) is -0.356. The van der Waals surface area contributed by atoms with Crippen LogP contribution < -0.4 is 5.32 Å². The number of hydrogen-bond donors (Lipinski definition) is 1. The van der Waals surface area contributed by atoms with Gasteiger partial charge < -0.3 is 19.5 Å². The zero-order valence-corrected chi connectivity index (χ0v) is 14.7. The monoisotopic (exact) mass is 346 g/mol. The van der Waals surface area contributed by atoms with Crippen LogP contribution in [0.15, 0.2) is 36.9 Å². The summed E-state index contributed by atoms with van der Waals surface area (Å²) in [4.78, 5) is 18.1. The summed E-state index contributed by atoms with van der Waals surface area (Å²) in [6, 6.07) is 4.74. The van der Waals surface area contributed by atoms with Gasteiger partial charge in [0.1, 0.15) is 5.82 Å². The first-order chi connectivity index (χ1) is 11.8. The summed E-state index contributed by atoms with van der Waals surface area (Å²) < 4.78 is 21.7. The summed E-state index contributed by atoms with van der Waals surface area (Å²) in [5.41, 5.74) is 0.764. The van der Waals surface area contributed by atoms with E-state index in [-0.39, 0.29) is 30.1 Å². The van der Waals surface area contributed by atoms with Gasteiger partial charge in [0.15, 0.2) is 0 Å². The van der Waals surface area contributed by atoms with E-state index in [0.717, 1.165) is 0 Å². The first-order valence-corrected chi connectivity index (χ1v) is 8.31. The molecule has 0 spiro atoms. The molecule has 1 aromatic heterocycles. The van der Waals surface area contributed by atoms with Crippen molar-refractivity contribution in [1.82, 2.24) is 19.8 Å². The van der Waals surface area contributed by atoms with Crippen LogP contribution in [0.3, 0.4) is 0 Å². The number of carbonyl (C=O) groups excluding carboxylic acids is 1. The summed E-state index contributed by atoms with van der Waals surface area (Å²) in [6.07, 6.45) is 4.81. The van der Waals surface area contributed by atoms with E-state index in [1.165, 1.54) is 6.07 Å². The molecule has 0 aliphatic carbocycles. The smallest absolute Gasteiger partial charge is 0.317 e. The number of halogens is 1. The number of carbonyl (C=O) groups is 1. The highest BCUT2D eigenvalue weighted by Gasteiger charge is 2.33. The van der Waals surface area contributed by atoms with Crippen LogP contribution in [0.1, 0.15) is 26.3 Å². The van der Waals surface area contributed by atoms with E-state index in [2.05, 4.69) is 10.3 Å². The third kappa shape index (κ3) is 4.17. The molecular weight excluding hydrogens is 323 g/mol. The van der Waals surface area contributed by atoms with E-state index < -0.39 is 0 Å². The van der Waals surface area contributed by atoms with Crippen molar-refractivity contribution in [1.29, 1.82) is 0 Å². The lowest BCUT2D eigenvalue weighted by Crippen LogP contribution is -2.56. The third-order valence-electron chi connectivity index (χ3n) is 4.09. The summed E-state index contributed by atoms with van der Waals surface area (Å²) in [5, 5.41) is 2.85. The Morgan fingerprint density at radius 1 is 1.48 bits per heavy atom. The minimum atomic E-state index is -0.367. The number of imidazole rings is 1. The molecule has 6 nitrogen and oxygen atoms in total. The van der Waals surface area contributed by atoms with Crippen molar-refractivity contribution < 1.29 is 13.9 Å². The first-order valence-electron chi connectivity index (χ1n) is 8.31. The largest absolute Gasteiger partial charge is 0.369 e. The second-order valence-electron chi connectivity index (χ2n) is 6.98. The molecule has 2 aromatic rings. The number of benzene rings is 1. The Morgan fingerprint density at radius 2 is 2.28 bits per heavy atom. The molecule has 1 aliphatic rings. The lowest BCUT2D eigenvalue weighted by atomic mass is 10.1. The van der Waals surface area contributed by atoms with Crippen molar-refractivity contribution in [3.8, 4) is 5.69 Å². The maximum absolute atomic E-state index is 14.3. The highest BCUT2D eigenvalue weighted by atomic mass is 19.1. The Morgan fingerprint density at radius 3 is 2.92 bits per heavy atom. The Labute approximate surface area is 146 Å². The van der Waals surface area contributed by atoms with Crippen molar-refractivity contribution in [2.75, 3.05) is 13.1 Å². The van der Waals surface area contributed by atoms with Gasteiger partial charge in [-0.1, -0.05) is 6.07 Å².